The van der Waals surface area contributed by atoms with E-state index in [1.54, 1.807) is 30.6 Å². The number of nitrogens with zero attached hydrogens (tertiary/aromatic N) is 2. The summed E-state index contributed by atoms with van der Waals surface area (Å²) < 4.78 is 0. The molecule has 1 heterocycles. The number of hydrogen-bond acceptors (Lipinski definition) is 3. The van der Waals surface area contributed by atoms with Crippen LogP contribution in [0.15, 0.2) is 42.7 Å². The second-order valence-corrected chi connectivity index (χ2v) is 3.12. The van der Waals surface area contributed by atoms with Crippen molar-refractivity contribution in [1.29, 1.82) is 5.26 Å². The molecular weight excluding hydrogens is 186 g/mol. The first-order chi connectivity index (χ1) is 7.33. The van der Waals surface area contributed by atoms with Crippen molar-refractivity contribution in [3.63, 3.8) is 0 Å². The molecule has 0 aliphatic heterocycles. The van der Waals surface area contributed by atoms with Crippen LogP contribution in [-0.2, 0) is 0 Å². The third kappa shape index (κ3) is 1.65. The van der Waals surface area contributed by atoms with Crippen molar-refractivity contribution >= 4 is 5.69 Å². The van der Waals surface area contributed by atoms with Crippen molar-refractivity contribution in [3.05, 3.63) is 48.3 Å². The molecule has 1 aromatic heterocycles. The smallest absolute Gasteiger partial charge is 0.0998 e. The number of rotatable bonds is 1. The third-order valence-electron chi connectivity index (χ3n) is 2.19. The second-order valence-electron chi connectivity index (χ2n) is 3.12. The van der Waals surface area contributed by atoms with E-state index in [4.69, 9.17) is 11.0 Å². The van der Waals surface area contributed by atoms with Crippen LogP contribution >= 0.6 is 0 Å². The number of anilines is 1. The molecule has 0 saturated heterocycles. The number of aromatic nitrogens is 1. The first-order valence-corrected chi connectivity index (χ1v) is 4.52. The number of hydrogen-bond donors (Lipinski definition) is 1. The summed E-state index contributed by atoms with van der Waals surface area (Å²) >= 11 is 0. The average Bonchev–Trinajstić information content (AvgIpc) is 2.29. The first-order valence-electron chi connectivity index (χ1n) is 4.52. The van der Waals surface area contributed by atoms with E-state index >= 15 is 0 Å². The molecule has 3 nitrogen and oxygen atoms in total. The van der Waals surface area contributed by atoms with Gasteiger partial charge in [-0.1, -0.05) is 6.07 Å². The van der Waals surface area contributed by atoms with Gasteiger partial charge in [0.1, 0.15) is 0 Å². The van der Waals surface area contributed by atoms with Crippen molar-refractivity contribution in [2.45, 2.75) is 0 Å². The zero-order valence-electron chi connectivity index (χ0n) is 8.01. The quantitative estimate of drug-likeness (QED) is 0.709. The van der Waals surface area contributed by atoms with E-state index in [0.29, 0.717) is 11.3 Å². The van der Waals surface area contributed by atoms with E-state index < -0.39 is 0 Å². The molecule has 3 heteroatoms. The molecule has 0 bridgehead atoms. The minimum atomic E-state index is 0.584. The van der Waals surface area contributed by atoms with Crippen molar-refractivity contribution in [3.8, 4) is 17.2 Å². The highest BCUT2D eigenvalue weighted by atomic mass is 14.6. The van der Waals surface area contributed by atoms with E-state index in [0.717, 1.165) is 11.1 Å². The predicted octanol–water partition coefficient (Wildman–Crippen LogP) is 2.20. The Balaban J connectivity index is 2.68. The van der Waals surface area contributed by atoms with Gasteiger partial charge in [0.15, 0.2) is 0 Å². The maximum absolute atomic E-state index is 8.98. The summed E-state index contributed by atoms with van der Waals surface area (Å²) in [6.07, 6.45) is 3.37. The summed E-state index contributed by atoms with van der Waals surface area (Å²) in [5.41, 5.74) is 8.75. The number of benzene rings is 1. The Labute approximate surface area is 87.8 Å². The van der Waals surface area contributed by atoms with E-state index in [9.17, 15) is 0 Å². The zero-order chi connectivity index (χ0) is 10.7. The SMILES string of the molecule is N#Cc1cccc(N)c1-c1ccncc1. The Morgan fingerprint density at radius 1 is 1.13 bits per heavy atom. The summed E-state index contributed by atoms with van der Waals surface area (Å²) in [6.45, 7) is 0. The maximum atomic E-state index is 8.98. The number of nitriles is 1. The monoisotopic (exact) mass is 195 g/mol. The molecule has 72 valence electrons. The van der Waals surface area contributed by atoms with Gasteiger partial charge in [-0.25, -0.2) is 0 Å². The lowest BCUT2D eigenvalue weighted by molar-refractivity contribution is 1.33. The van der Waals surface area contributed by atoms with Gasteiger partial charge < -0.3 is 5.73 Å². The van der Waals surface area contributed by atoms with Crippen LogP contribution in [-0.4, -0.2) is 4.98 Å². The fraction of sp³-hybridized carbons (Fsp3) is 0. The third-order valence-corrected chi connectivity index (χ3v) is 2.19. The Hall–Kier alpha value is -2.34. The summed E-state index contributed by atoms with van der Waals surface area (Å²) in [5.74, 6) is 0. The van der Waals surface area contributed by atoms with Gasteiger partial charge in [-0.05, 0) is 29.8 Å². The molecule has 2 rings (SSSR count). The molecule has 0 unspecified atom stereocenters. The molecular formula is C12H9N3. The zero-order valence-corrected chi connectivity index (χ0v) is 8.01. The van der Waals surface area contributed by atoms with Gasteiger partial charge in [-0.15, -0.1) is 0 Å². The minimum Gasteiger partial charge on any atom is -0.398 e. The van der Waals surface area contributed by atoms with Gasteiger partial charge in [0, 0.05) is 23.6 Å². The highest BCUT2D eigenvalue weighted by molar-refractivity contribution is 5.81. The van der Waals surface area contributed by atoms with Crippen LogP contribution in [0.4, 0.5) is 5.69 Å². The fourth-order valence-electron chi connectivity index (χ4n) is 1.50. The molecule has 2 aromatic rings. The molecule has 0 amide bonds. The summed E-state index contributed by atoms with van der Waals surface area (Å²) in [4.78, 5) is 3.93. The minimum absolute atomic E-state index is 0.584. The Bertz CT molecular complexity index is 512. The molecule has 0 saturated carbocycles. The van der Waals surface area contributed by atoms with Gasteiger partial charge in [0.05, 0.1) is 11.6 Å². The van der Waals surface area contributed by atoms with Crippen LogP contribution in [0.2, 0.25) is 0 Å². The highest BCUT2D eigenvalue weighted by Crippen LogP contribution is 2.28. The molecule has 0 aliphatic carbocycles. The molecule has 0 atom stereocenters. The number of nitrogen functional groups attached to an aromatic ring is 1. The highest BCUT2D eigenvalue weighted by Gasteiger charge is 2.07. The van der Waals surface area contributed by atoms with E-state index in [-0.39, 0.29) is 0 Å². The number of pyridine rings is 1. The normalized spacial score (nSPS) is 9.53. The van der Waals surface area contributed by atoms with Gasteiger partial charge in [-0.2, -0.15) is 5.26 Å². The van der Waals surface area contributed by atoms with Gasteiger partial charge in [0.25, 0.3) is 0 Å². The van der Waals surface area contributed by atoms with E-state index in [1.165, 1.54) is 0 Å². The average molecular weight is 195 g/mol. The van der Waals surface area contributed by atoms with E-state index in [2.05, 4.69) is 11.1 Å². The number of nitrogens with two attached hydrogens (primary N) is 1. The van der Waals surface area contributed by atoms with Crippen molar-refractivity contribution in [2.75, 3.05) is 5.73 Å². The summed E-state index contributed by atoms with van der Waals surface area (Å²) in [6, 6.07) is 11.1. The molecule has 0 aliphatic rings. The van der Waals surface area contributed by atoms with E-state index in [1.807, 2.05) is 12.1 Å². The molecule has 1 aromatic carbocycles. The molecule has 0 fully saturated rings. The summed E-state index contributed by atoms with van der Waals surface area (Å²) in [5, 5.41) is 8.98. The predicted molar refractivity (Wildman–Crippen MR) is 58.8 cm³/mol. The first kappa shape index (κ1) is 9.22. The Kier molecular flexibility index (Phi) is 2.34. The molecule has 15 heavy (non-hydrogen) atoms. The van der Waals surface area contributed by atoms with Gasteiger partial charge in [0.2, 0.25) is 0 Å². The van der Waals surface area contributed by atoms with Crippen LogP contribution in [0.1, 0.15) is 5.56 Å². The Morgan fingerprint density at radius 2 is 1.87 bits per heavy atom. The van der Waals surface area contributed by atoms with Crippen molar-refractivity contribution in [1.82, 2.24) is 4.98 Å². The molecule has 2 N–H and O–H groups in total. The van der Waals surface area contributed by atoms with Gasteiger partial charge >= 0.3 is 0 Å². The standard InChI is InChI=1S/C12H9N3/c13-8-10-2-1-3-11(14)12(10)9-4-6-15-7-5-9/h1-7H,14H2. The lowest BCUT2D eigenvalue weighted by Gasteiger charge is -2.06. The van der Waals surface area contributed by atoms with Crippen LogP contribution in [0.25, 0.3) is 11.1 Å². The van der Waals surface area contributed by atoms with Crippen molar-refractivity contribution in [2.24, 2.45) is 0 Å². The van der Waals surface area contributed by atoms with Crippen LogP contribution < -0.4 is 5.73 Å². The maximum Gasteiger partial charge on any atom is 0.0998 e. The Morgan fingerprint density at radius 3 is 2.53 bits per heavy atom. The largest absolute Gasteiger partial charge is 0.398 e. The van der Waals surface area contributed by atoms with Gasteiger partial charge in [-0.3, -0.25) is 4.98 Å². The molecule has 0 radical (unpaired) electrons. The fourth-order valence-corrected chi connectivity index (χ4v) is 1.50. The summed E-state index contributed by atoms with van der Waals surface area (Å²) in [7, 11) is 0. The van der Waals surface area contributed by atoms with Crippen LogP contribution in [0.5, 0.6) is 0 Å². The van der Waals surface area contributed by atoms with Crippen LogP contribution in [0, 0.1) is 11.3 Å². The van der Waals surface area contributed by atoms with Crippen LogP contribution in [0.3, 0.4) is 0 Å². The molecule has 0 spiro atoms. The topological polar surface area (TPSA) is 62.7 Å². The second kappa shape index (κ2) is 3.81. The lowest BCUT2D eigenvalue weighted by Crippen LogP contribution is -1.93. The van der Waals surface area contributed by atoms with Crippen molar-refractivity contribution < 1.29 is 0 Å². The lowest BCUT2D eigenvalue weighted by atomic mass is 9.99.